The van der Waals surface area contributed by atoms with Gasteiger partial charge in [-0.3, -0.25) is 4.79 Å². The fraction of sp³-hybridized carbons (Fsp3) is 0.611. The van der Waals surface area contributed by atoms with Crippen LogP contribution in [0, 0.1) is 0 Å². The third kappa shape index (κ3) is 4.77. The van der Waals surface area contributed by atoms with Gasteiger partial charge in [0.2, 0.25) is 5.91 Å². The predicted molar refractivity (Wildman–Crippen MR) is 99.6 cm³/mol. The molecule has 0 aliphatic carbocycles. The molecule has 0 spiro atoms. The Kier molecular flexibility index (Phi) is 6.39. The van der Waals surface area contributed by atoms with Crippen molar-refractivity contribution in [1.29, 1.82) is 0 Å². The zero-order chi connectivity index (χ0) is 17.6. The number of ether oxygens (including phenoxy) is 2. The van der Waals surface area contributed by atoms with Gasteiger partial charge in [0.15, 0.2) is 0 Å². The molecule has 3 rings (SSSR count). The van der Waals surface area contributed by atoms with Gasteiger partial charge in [0.05, 0.1) is 43.8 Å². The average Bonchev–Trinajstić information content (AvgIpc) is 2.67. The average molecular weight is 368 g/mol. The molecule has 2 fully saturated rings. The summed E-state index contributed by atoms with van der Waals surface area (Å²) in [6.45, 7) is 7.38. The molecule has 2 aliphatic rings. The quantitative estimate of drug-likeness (QED) is 0.864. The molecule has 0 radical (unpaired) electrons. The van der Waals surface area contributed by atoms with E-state index < -0.39 is 0 Å². The van der Waals surface area contributed by atoms with Crippen LogP contribution in [0.4, 0.5) is 11.4 Å². The van der Waals surface area contributed by atoms with Crippen molar-refractivity contribution in [2.24, 2.45) is 0 Å². The molecule has 1 aromatic rings. The Morgan fingerprint density at radius 2 is 2.08 bits per heavy atom. The first-order chi connectivity index (χ1) is 12.2. The highest BCUT2D eigenvalue weighted by molar-refractivity contribution is 6.31. The number of morpholine rings is 2. The van der Waals surface area contributed by atoms with E-state index in [2.05, 4.69) is 17.1 Å². The molecule has 2 heterocycles. The van der Waals surface area contributed by atoms with Gasteiger partial charge in [0, 0.05) is 31.2 Å². The Hall–Kier alpha value is -1.50. The smallest absolute Gasteiger partial charge is 0.242 e. The molecule has 1 aromatic carbocycles. The van der Waals surface area contributed by atoms with Crippen molar-refractivity contribution in [2.75, 3.05) is 62.8 Å². The second-order valence-electron chi connectivity index (χ2n) is 6.36. The zero-order valence-electron chi connectivity index (χ0n) is 14.7. The summed E-state index contributed by atoms with van der Waals surface area (Å²) in [7, 11) is 0. The van der Waals surface area contributed by atoms with Gasteiger partial charge in [-0.05, 0) is 24.6 Å². The Morgan fingerprint density at radius 1 is 1.28 bits per heavy atom. The van der Waals surface area contributed by atoms with E-state index in [1.807, 2.05) is 23.1 Å². The Balaban J connectivity index is 1.63. The summed E-state index contributed by atoms with van der Waals surface area (Å²) in [4.78, 5) is 16.7. The molecule has 2 saturated heterocycles. The lowest BCUT2D eigenvalue weighted by molar-refractivity contribution is -0.136. The molecule has 25 heavy (non-hydrogen) atoms. The van der Waals surface area contributed by atoms with Crippen LogP contribution < -0.4 is 10.2 Å². The first-order valence-electron chi connectivity index (χ1n) is 8.93. The van der Waals surface area contributed by atoms with Crippen LogP contribution in [0.2, 0.25) is 5.02 Å². The van der Waals surface area contributed by atoms with Crippen LogP contribution in [0.3, 0.4) is 0 Å². The summed E-state index contributed by atoms with van der Waals surface area (Å²) in [5, 5.41) is 3.94. The third-order valence-corrected chi connectivity index (χ3v) is 4.92. The van der Waals surface area contributed by atoms with Crippen LogP contribution in [0.25, 0.3) is 0 Å². The van der Waals surface area contributed by atoms with Crippen LogP contribution in [-0.4, -0.2) is 69.5 Å². The lowest BCUT2D eigenvalue weighted by Crippen LogP contribution is -2.47. The van der Waals surface area contributed by atoms with Crippen molar-refractivity contribution in [3.63, 3.8) is 0 Å². The van der Waals surface area contributed by atoms with Crippen molar-refractivity contribution in [3.8, 4) is 0 Å². The van der Waals surface area contributed by atoms with Crippen LogP contribution in [0.5, 0.6) is 0 Å². The maximum atomic E-state index is 12.5. The van der Waals surface area contributed by atoms with Crippen LogP contribution >= 0.6 is 11.6 Å². The normalized spacial score (nSPS) is 21.3. The number of hydrogen-bond acceptors (Lipinski definition) is 5. The summed E-state index contributed by atoms with van der Waals surface area (Å²) in [5.41, 5.74) is 1.96. The molecular formula is C18H26ClN3O3. The van der Waals surface area contributed by atoms with Gasteiger partial charge in [-0.2, -0.15) is 0 Å². The second-order valence-corrected chi connectivity index (χ2v) is 6.79. The topological polar surface area (TPSA) is 54.0 Å². The Bertz CT molecular complexity index is 593. The second kappa shape index (κ2) is 8.74. The molecule has 138 valence electrons. The number of nitrogens with one attached hydrogen (secondary N) is 1. The number of benzene rings is 1. The zero-order valence-corrected chi connectivity index (χ0v) is 15.4. The first kappa shape index (κ1) is 18.3. The van der Waals surface area contributed by atoms with E-state index in [1.165, 1.54) is 0 Å². The molecule has 0 bridgehead atoms. The van der Waals surface area contributed by atoms with E-state index in [0.717, 1.165) is 30.9 Å². The van der Waals surface area contributed by atoms with Crippen LogP contribution in [0.1, 0.15) is 13.3 Å². The number of amides is 1. The van der Waals surface area contributed by atoms with Crippen molar-refractivity contribution >= 4 is 28.9 Å². The molecule has 1 atom stereocenters. The SMILES string of the molecule is CC[C@@H]1CN(C(=O)CNc2cc(Cl)ccc2N2CCOCC2)CCO1. The van der Waals surface area contributed by atoms with Crippen molar-refractivity contribution in [2.45, 2.75) is 19.4 Å². The lowest BCUT2D eigenvalue weighted by Gasteiger charge is -2.33. The lowest BCUT2D eigenvalue weighted by atomic mass is 10.2. The van der Waals surface area contributed by atoms with E-state index in [4.69, 9.17) is 21.1 Å². The fourth-order valence-corrected chi connectivity index (χ4v) is 3.38. The molecule has 0 unspecified atom stereocenters. The van der Waals surface area contributed by atoms with Gasteiger partial charge < -0.3 is 24.6 Å². The Morgan fingerprint density at radius 3 is 2.84 bits per heavy atom. The minimum absolute atomic E-state index is 0.0923. The van der Waals surface area contributed by atoms with Gasteiger partial charge in [0.25, 0.3) is 0 Å². The number of rotatable bonds is 5. The van der Waals surface area contributed by atoms with E-state index in [0.29, 0.717) is 37.9 Å². The molecule has 0 aromatic heterocycles. The van der Waals surface area contributed by atoms with Crippen molar-refractivity contribution in [1.82, 2.24) is 4.90 Å². The summed E-state index contributed by atoms with van der Waals surface area (Å²) >= 11 is 6.16. The third-order valence-electron chi connectivity index (χ3n) is 4.69. The maximum absolute atomic E-state index is 12.5. The van der Waals surface area contributed by atoms with E-state index in [9.17, 15) is 4.79 Å². The molecule has 2 aliphatic heterocycles. The number of halogens is 1. The molecule has 6 nitrogen and oxygen atoms in total. The van der Waals surface area contributed by atoms with E-state index in [-0.39, 0.29) is 18.6 Å². The van der Waals surface area contributed by atoms with E-state index >= 15 is 0 Å². The van der Waals surface area contributed by atoms with Crippen molar-refractivity contribution in [3.05, 3.63) is 23.2 Å². The summed E-state index contributed by atoms with van der Waals surface area (Å²) < 4.78 is 11.1. The standard InChI is InChI=1S/C18H26ClN3O3/c1-2-15-13-22(7-10-25-15)18(23)12-20-16-11-14(19)3-4-17(16)21-5-8-24-9-6-21/h3-4,11,15,20H,2,5-10,12-13H2,1H3/t15-/m1/s1. The monoisotopic (exact) mass is 367 g/mol. The van der Waals surface area contributed by atoms with Gasteiger partial charge in [0.1, 0.15) is 0 Å². The number of carbonyl (C=O) groups excluding carboxylic acids is 1. The van der Waals surface area contributed by atoms with Gasteiger partial charge in [-0.25, -0.2) is 0 Å². The van der Waals surface area contributed by atoms with Crippen LogP contribution in [0.15, 0.2) is 18.2 Å². The molecule has 1 amide bonds. The minimum atomic E-state index is 0.0923. The fourth-order valence-electron chi connectivity index (χ4n) is 3.21. The summed E-state index contributed by atoms with van der Waals surface area (Å²) in [6.07, 6.45) is 1.07. The Labute approximate surface area is 154 Å². The van der Waals surface area contributed by atoms with Crippen molar-refractivity contribution < 1.29 is 14.3 Å². The highest BCUT2D eigenvalue weighted by Crippen LogP contribution is 2.29. The largest absolute Gasteiger partial charge is 0.378 e. The highest BCUT2D eigenvalue weighted by Gasteiger charge is 2.23. The highest BCUT2D eigenvalue weighted by atomic mass is 35.5. The molecule has 1 N–H and O–H groups in total. The summed E-state index contributed by atoms with van der Waals surface area (Å²) in [5.74, 6) is 0.0923. The minimum Gasteiger partial charge on any atom is -0.378 e. The van der Waals surface area contributed by atoms with Gasteiger partial charge >= 0.3 is 0 Å². The van der Waals surface area contributed by atoms with E-state index in [1.54, 1.807) is 0 Å². The number of anilines is 2. The molecular weight excluding hydrogens is 342 g/mol. The molecule has 0 saturated carbocycles. The maximum Gasteiger partial charge on any atom is 0.242 e. The van der Waals surface area contributed by atoms with Crippen LogP contribution in [-0.2, 0) is 14.3 Å². The predicted octanol–water partition coefficient (Wildman–Crippen LogP) is 2.23. The summed E-state index contributed by atoms with van der Waals surface area (Å²) in [6, 6.07) is 5.77. The first-order valence-corrected chi connectivity index (χ1v) is 9.30. The number of hydrogen-bond donors (Lipinski definition) is 1. The van der Waals surface area contributed by atoms with Gasteiger partial charge in [-0.15, -0.1) is 0 Å². The van der Waals surface area contributed by atoms with Gasteiger partial charge in [-0.1, -0.05) is 18.5 Å². The number of carbonyl (C=O) groups is 1. The number of nitrogens with zero attached hydrogens (tertiary/aromatic N) is 2. The molecule has 7 heteroatoms.